The molecule has 30 heavy (non-hydrogen) atoms. The van der Waals surface area contributed by atoms with Crippen molar-refractivity contribution >= 4 is 45.9 Å². The van der Waals surface area contributed by atoms with E-state index in [2.05, 4.69) is 10.3 Å². The number of hydrogen-bond donors (Lipinski definition) is 1. The minimum absolute atomic E-state index is 0.184. The Hall–Kier alpha value is -3.22. The number of amides is 1. The summed E-state index contributed by atoms with van der Waals surface area (Å²) >= 11 is 11.9. The van der Waals surface area contributed by atoms with Crippen LogP contribution in [-0.4, -0.2) is 24.6 Å². The Morgan fingerprint density at radius 1 is 1.07 bits per heavy atom. The topological polar surface area (TPSA) is 73.6 Å². The molecule has 1 amide bonds. The predicted octanol–water partition coefficient (Wildman–Crippen LogP) is 5.83. The van der Waals surface area contributed by atoms with Gasteiger partial charge in [-0.15, -0.1) is 0 Å². The maximum Gasteiger partial charge on any atom is 0.262 e. The van der Waals surface area contributed by atoms with Crippen molar-refractivity contribution in [3.63, 3.8) is 0 Å². The van der Waals surface area contributed by atoms with Crippen LogP contribution in [0.25, 0.3) is 22.6 Å². The van der Waals surface area contributed by atoms with Crippen molar-refractivity contribution in [2.75, 3.05) is 19.0 Å². The van der Waals surface area contributed by atoms with Gasteiger partial charge in [-0.05, 0) is 54.6 Å². The number of nitrogens with one attached hydrogen (secondary N) is 1. The summed E-state index contributed by atoms with van der Waals surface area (Å²) in [7, 11) is 1.60. The summed E-state index contributed by atoms with van der Waals surface area (Å²) in [5, 5.41) is 3.60. The molecule has 0 fully saturated rings. The zero-order chi connectivity index (χ0) is 21.1. The molecule has 1 heterocycles. The van der Waals surface area contributed by atoms with E-state index in [4.69, 9.17) is 37.1 Å². The molecule has 6 nitrogen and oxygen atoms in total. The van der Waals surface area contributed by atoms with E-state index in [0.29, 0.717) is 44.2 Å². The average molecular weight is 443 g/mol. The van der Waals surface area contributed by atoms with Crippen LogP contribution < -0.4 is 14.8 Å². The number of carbonyl (C=O) groups excluding carboxylic acids is 1. The van der Waals surface area contributed by atoms with Crippen molar-refractivity contribution < 1.29 is 18.7 Å². The van der Waals surface area contributed by atoms with Gasteiger partial charge in [0, 0.05) is 22.3 Å². The van der Waals surface area contributed by atoms with Crippen molar-refractivity contribution in [3.05, 3.63) is 70.7 Å². The number of oxazole rings is 1. The lowest BCUT2D eigenvalue weighted by Gasteiger charge is -2.09. The first-order valence-corrected chi connectivity index (χ1v) is 9.70. The number of ether oxygens (including phenoxy) is 2. The maximum atomic E-state index is 12.1. The fraction of sp³-hybridized carbons (Fsp3) is 0.0909. The highest BCUT2D eigenvalue weighted by Gasteiger charge is 2.11. The molecule has 0 spiro atoms. The minimum Gasteiger partial charge on any atom is -0.497 e. The van der Waals surface area contributed by atoms with Gasteiger partial charge in [0.1, 0.15) is 17.0 Å². The lowest BCUT2D eigenvalue weighted by Crippen LogP contribution is -2.20. The molecule has 0 atom stereocenters. The molecule has 0 saturated carbocycles. The number of anilines is 1. The quantitative estimate of drug-likeness (QED) is 0.406. The third kappa shape index (κ3) is 4.50. The highest BCUT2D eigenvalue weighted by Crippen LogP contribution is 2.29. The lowest BCUT2D eigenvalue weighted by molar-refractivity contribution is -0.118. The van der Waals surface area contributed by atoms with Gasteiger partial charge in [0.15, 0.2) is 12.2 Å². The van der Waals surface area contributed by atoms with Crippen molar-refractivity contribution in [1.82, 2.24) is 4.98 Å². The highest BCUT2D eigenvalue weighted by molar-refractivity contribution is 6.35. The van der Waals surface area contributed by atoms with E-state index in [1.807, 2.05) is 30.3 Å². The number of benzene rings is 3. The number of fused-ring (bicyclic) bond motifs is 1. The molecule has 0 aliphatic carbocycles. The fourth-order valence-corrected chi connectivity index (χ4v) is 3.25. The van der Waals surface area contributed by atoms with Crippen LogP contribution in [0.15, 0.2) is 65.1 Å². The summed E-state index contributed by atoms with van der Waals surface area (Å²) in [6, 6.07) is 17.4. The van der Waals surface area contributed by atoms with E-state index in [1.54, 1.807) is 37.4 Å². The molecule has 0 bridgehead atoms. The van der Waals surface area contributed by atoms with E-state index in [-0.39, 0.29) is 12.5 Å². The Morgan fingerprint density at radius 3 is 2.60 bits per heavy atom. The van der Waals surface area contributed by atoms with E-state index in [0.717, 1.165) is 5.56 Å². The van der Waals surface area contributed by atoms with Gasteiger partial charge in [-0.1, -0.05) is 23.2 Å². The highest BCUT2D eigenvalue weighted by atomic mass is 35.5. The molecule has 0 aliphatic heterocycles. The number of halogens is 2. The van der Waals surface area contributed by atoms with Crippen LogP contribution in [0.4, 0.5) is 5.69 Å². The summed E-state index contributed by atoms with van der Waals surface area (Å²) in [6.45, 7) is -0.184. The van der Waals surface area contributed by atoms with Gasteiger partial charge < -0.3 is 19.2 Å². The van der Waals surface area contributed by atoms with Gasteiger partial charge in [-0.2, -0.15) is 0 Å². The Bertz CT molecular complexity index is 1210. The van der Waals surface area contributed by atoms with Crippen LogP contribution in [0.2, 0.25) is 10.0 Å². The molecule has 8 heteroatoms. The minimum atomic E-state index is -0.317. The maximum absolute atomic E-state index is 12.1. The zero-order valence-corrected chi connectivity index (χ0v) is 17.3. The van der Waals surface area contributed by atoms with E-state index in [1.165, 1.54) is 0 Å². The Morgan fingerprint density at radius 2 is 1.87 bits per heavy atom. The Kier molecular flexibility index (Phi) is 5.79. The number of methoxy groups -OCH3 is 1. The standard InChI is InChI=1S/C22H16Cl2N2O4/c1-28-16-7-9-20-18(11-16)26-22(30-20)13-2-5-15(6-3-13)25-21(27)12-29-19-8-4-14(23)10-17(19)24/h2-11H,12H2,1H3,(H,25,27). The SMILES string of the molecule is COc1ccc2oc(-c3ccc(NC(=O)COc4ccc(Cl)cc4Cl)cc3)nc2c1. The summed E-state index contributed by atoms with van der Waals surface area (Å²) in [4.78, 5) is 16.6. The van der Waals surface area contributed by atoms with E-state index >= 15 is 0 Å². The Labute approximate surface area is 182 Å². The van der Waals surface area contributed by atoms with Gasteiger partial charge in [0.05, 0.1) is 12.1 Å². The Balaban J connectivity index is 1.40. The summed E-state index contributed by atoms with van der Waals surface area (Å²) in [5.74, 6) is 1.27. The molecule has 4 aromatic rings. The van der Waals surface area contributed by atoms with Gasteiger partial charge in [0.2, 0.25) is 5.89 Å². The molecule has 1 aromatic heterocycles. The third-order valence-electron chi connectivity index (χ3n) is 4.26. The zero-order valence-electron chi connectivity index (χ0n) is 15.8. The van der Waals surface area contributed by atoms with E-state index < -0.39 is 0 Å². The summed E-state index contributed by atoms with van der Waals surface area (Å²) < 4.78 is 16.4. The van der Waals surface area contributed by atoms with Crippen LogP contribution in [0.5, 0.6) is 11.5 Å². The van der Waals surface area contributed by atoms with Gasteiger partial charge in [-0.3, -0.25) is 4.79 Å². The first kappa shape index (κ1) is 20.1. The van der Waals surface area contributed by atoms with Crippen LogP contribution in [-0.2, 0) is 4.79 Å². The predicted molar refractivity (Wildman–Crippen MR) is 117 cm³/mol. The van der Waals surface area contributed by atoms with Crippen molar-refractivity contribution in [1.29, 1.82) is 0 Å². The van der Waals surface area contributed by atoms with Crippen molar-refractivity contribution in [2.45, 2.75) is 0 Å². The molecule has 4 rings (SSSR count). The molecule has 3 aromatic carbocycles. The van der Waals surface area contributed by atoms with Crippen molar-refractivity contribution in [2.24, 2.45) is 0 Å². The van der Waals surface area contributed by atoms with Crippen LogP contribution in [0.1, 0.15) is 0 Å². The van der Waals surface area contributed by atoms with Crippen LogP contribution >= 0.6 is 23.2 Å². The normalized spacial score (nSPS) is 10.8. The fourth-order valence-electron chi connectivity index (χ4n) is 2.79. The molecule has 152 valence electrons. The molecular formula is C22H16Cl2N2O4. The molecule has 0 radical (unpaired) electrons. The summed E-state index contributed by atoms with van der Waals surface area (Å²) in [5.41, 5.74) is 2.78. The van der Waals surface area contributed by atoms with E-state index in [9.17, 15) is 4.79 Å². The third-order valence-corrected chi connectivity index (χ3v) is 4.79. The molecule has 0 aliphatic rings. The summed E-state index contributed by atoms with van der Waals surface area (Å²) in [6.07, 6.45) is 0. The van der Waals surface area contributed by atoms with Crippen molar-refractivity contribution in [3.8, 4) is 23.0 Å². The number of hydrogen-bond acceptors (Lipinski definition) is 5. The van der Waals surface area contributed by atoms with Crippen LogP contribution in [0, 0.1) is 0 Å². The lowest BCUT2D eigenvalue weighted by atomic mass is 10.2. The molecular weight excluding hydrogens is 427 g/mol. The number of aromatic nitrogens is 1. The van der Waals surface area contributed by atoms with Crippen LogP contribution in [0.3, 0.4) is 0 Å². The monoisotopic (exact) mass is 442 g/mol. The first-order chi connectivity index (χ1) is 14.5. The molecule has 1 N–H and O–H groups in total. The number of carbonyl (C=O) groups is 1. The smallest absolute Gasteiger partial charge is 0.262 e. The number of nitrogens with zero attached hydrogens (tertiary/aromatic N) is 1. The average Bonchev–Trinajstić information content (AvgIpc) is 3.17. The van der Waals surface area contributed by atoms with Gasteiger partial charge >= 0.3 is 0 Å². The largest absolute Gasteiger partial charge is 0.497 e. The first-order valence-electron chi connectivity index (χ1n) is 8.94. The van der Waals surface area contributed by atoms with Gasteiger partial charge in [0.25, 0.3) is 5.91 Å². The second kappa shape index (κ2) is 8.65. The number of rotatable bonds is 6. The second-order valence-corrected chi connectivity index (χ2v) is 7.19. The second-order valence-electron chi connectivity index (χ2n) is 6.34. The van der Waals surface area contributed by atoms with Gasteiger partial charge in [-0.25, -0.2) is 4.98 Å². The molecule has 0 unspecified atom stereocenters. The molecule has 0 saturated heterocycles.